The fourth-order valence-corrected chi connectivity index (χ4v) is 4.67. The molecule has 2 aliphatic rings. The lowest BCUT2D eigenvalue weighted by molar-refractivity contribution is -0.137. The van der Waals surface area contributed by atoms with Crippen molar-refractivity contribution >= 4 is 22.9 Å². The Morgan fingerprint density at radius 1 is 1.00 bits per heavy atom. The third-order valence-corrected chi connectivity index (χ3v) is 5.96. The van der Waals surface area contributed by atoms with Crippen LogP contribution in [0.5, 0.6) is 0 Å². The van der Waals surface area contributed by atoms with Crippen LogP contribution in [0.2, 0.25) is 0 Å². The summed E-state index contributed by atoms with van der Waals surface area (Å²) in [5.41, 5.74) is 1.92. The molecule has 0 spiro atoms. The number of hydrogen-bond acceptors (Lipinski definition) is 3. The minimum Gasteiger partial charge on any atom is -0.322 e. The van der Waals surface area contributed by atoms with E-state index in [1.165, 1.54) is 0 Å². The zero-order valence-electron chi connectivity index (χ0n) is 17.3. The highest BCUT2D eigenvalue weighted by atomic mass is 19.4. The molecule has 0 bridgehead atoms. The van der Waals surface area contributed by atoms with Gasteiger partial charge in [-0.3, -0.25) is 4.99 Å². The first-order valence-corrected chi connectivity index (χ1v) is 10.5. The molecule has 0 aromatic heterocycles. The van der Waals surface area contributed by atoms with E-state index < -0.39 is 11.7 Å². The minimum absolute atomic E-state index is 0.0338. The quantitative estimate of drug-likeness (QED) is 0.540. The Balaban J connectivity index is 1.87. The number of benzene rings is 2. The SMILES string of the molecule is CCCC1(CCC)CN=C2C(c3ccccc3)=Nc3cc(C(F)(F)F)ccc3N2C1. The molecule has 0 fully saturated rings. The van der Waals surface area contributed by atoms with Crippen molar-refractivity contribution in [1.82, 2.24) is 0 Å². The first kappa shape index (κ1) is 20.6. The maximum absolute atomic E-state index is 13.3. The Morgan fingerprint density at radius 3 is 2.33 bits per heavy atom. The lowest BCUT2D eigenvalue weighted by Gasteiger charge is -2.44. The Kier molecular flexibility index (Phi) is 5.43. The lowest BCUT2D eigenvalue weighted by Crippen LogP contribution is -2.51. The average molecular weight is 413 g/mol. The highest BCUT2D eigenvalue weighted by Gasteiger charge is 2.40. The molecule has 2 aliphatic heterocycles. The predicted octanol–water partition coefficient (Wildman–Crippen LogP) is 6.64. The summed E-state index contributed by atoms with van der Waals surface area (Å²) in [6.45, 7) is 5.82. The Morgan fingerprint density at radius 2 is 1.70 bits per heavy atom. The van der Waals surface area contributed by atoms with E-state index in [0.717, 1.165) is 62.3 Å². The van der Waals surface area contributed by atoms with Gasteiger partial charge in [0.15, 0.2) is 5.84 Å². The van der Waals surface area contributed by atoms with Gasteiger partial charge < -0.3 is 4.90 Å². The number of alkyl halides is 3. The number of amidine groups is 1. The molecule has 2 heterocycles. The van der Waals surface area contributed by atoms with Gasteiger partial charge in [0.2, 0.25) is 0 Å². The number of hydrogen-bond donors (Lipinski definition) is 0. The molecule has 0 radical (unpaired) electrons. The van der Waals surface area contributed by atoms with Crippen molar-refractivity contribution in [1.29, 1.82) is 0 Å². The van der Waals surface area contributed by atoms with E-state index in [4.69, 9.17) is 4.99 Å². The van der Waals surface area contributed by atoms with Crippen molar-refractivity contribution in [2.24, 2.45) is 15.4 Å². The molecule has 6 heteroatoms. The average Bonchev–Trinajstić information content (AvgIpc) is 2.73. The van der Waals surface area contributed by atoms with Crippen LogP contribution >= 0.6 is 0 Å². The molecule has 2 aromatic carbocycles. The van der Waals surface area contributed by atoms with Gasteiger partial charge in [-0.1, -0.05) is 57.0 Å². The molecular weight excluding hydrogens is 387 g/mol. The van der Waals surface area contributed by atoms with Gasteiger partial charge in [-0.2, -0.15) is 13.2 Å². The fourth-order valence-electron chi connectivity index (χ4n) is 4.67. The summed E-state index contributed by atoms with van der Waals surface area (Å²) in [5, 5.41) is 0. The summed E-state index contributed by atoms with van der Waals surface area (Å²) >= 11 is 0. The molecule has 158 valence electrons. The maximum Gasteiger partial charge on any atom is 0.416 e. The van der Waals surface area contributed by atoms with Crippen LogP contribution in [0.1, 0.15) is 50.7 Å². The molecule has 3 nitrogen and oxygen atoms in total. The summed E-state index contributed by atoms with van der Waals surface area (Å²) in [6, 6.07) is 13.4. The van der Waals surface area contributed by atoms with Crippen LogP contribution in [0.15, 0.2) is 58.5 Å². The number of rotatable bonds is 5. The predicted molar refractivity (Wildman–Crippen MR) is 116 cm³/mol. The molecule has 2 aromatic rings. The number of aliphatic imine (C=N–C) groups is 2. The van der Waals surface area contributed by atoms with Gasteiger partial charge in [0.05, 0.1) is 16.9 Å². The molecule has 0 saturated carbocycles. The van der Waals surface area contributed by atoms with E-state index in [1.807, 2.05) is 30.3 Å². The summed E-state index contributed by atoms with van der Waals surface area (Å²) in [7, 11) is 0. The molecule has 30 heavy (non-hydrogen) atoms. The third kappa shape index (κ3) is 3.75. The molecule has 0 N–H and O–H groups in total. The van der Waals surface area contributed by atoms with Crippen LogP contribution in [0, 0.1) is 5.41 Å². The van der Waals surface area contributed by atoms with E-state index in [9.17, 15) is 13.2 Å². The monoisotopic (exact) mass is 413 g/mol. The van der Waals surface area contributed by atoms with E-state index in [1.54, 1.807) is 6.07 Å². The molecule has 4 rings (SSSR count). The van der Waals surface area contributed by atoms with Gasteiger partial charge >= 0.3 is 6.18 Å². The summed E-state index contributed by atoms with van der Waals surface area (Å²) in [5.74, 6) is 0.760. The maximum atomic E-state index is 13.3. The summed E-state index contributed by atoms with van der Waals surface area (Å²) in [6.07, 6.45) is -0.206. The van der Waals surface area contributed by atoms with Crippen molar-refractivity contribution in [3.63, 3.8) is 0 Å². The second-order valence-corrected chi connectivity index (χ2v) is 8.25. The lowest BCUT2D eigenvalue weighted by atomic mass is 9.77. The molecular formula is C24H26F3N3. The van der Waals surface area contributed by atoms with E-state index in [-0.39, 0.29) is 5.41 Å². The number of nitrogens with zero attached hydrogens (tertiary/aromatic N) is 3. The topological polar surface area (TPSA) is 28.0 Å². The number of fused-ring (bicyclic) bond motifs is 3. The van der Waals surface area contributed by atoms with Gasteiger partial charge in [-0.25, -0.2) is 4.99 Å². The van der Waals surface area contributed by atoms with Gasteiger partial charge in [0, 0.05) is 24.1 Å². The Labute approximate surface area is 175 Å². The normalized spacial score (nSPS) is 17.7. The van der Waals surface area contributed by atoms with Crippen LogP contribution in [0.3, 0.4) is 0 Å². The Bertz CT molecular complexity index is 971. The first-order valence-electron chi connectivity index (χ1n) is 10.5. The van der Waals surface area contributed by atoms with E-state index in [0.29, 0.717) is 17.1 Å². The smallest absolute Gasteiger partial charge is 0.322 e. The number of anilines is 1. The third-order valence-electron chi connectivity index (χ3n) is 5.96. The van der Waals surface area contributed by atoms with Gasteiger partial charge in [0.25, 0.3) is 0 Å². The highest BCUT2D eigenvalue weighted by Crippen LogP contribution is 2.44. The van der Waals surface area contributed by atoms with Crippen molar-refractivity contribution in [2.75, 3.05) is 18.0 Å². The Hall–Kier alpha value is -2.63. The summed E-state index contributed by atoms with van der Waals surface area (Å²) in [4.78, 5) is 11.7. The van der Waals surface area contributed by atoms with Crippen LogP contribution in [0.4, 0.5) is 24.5 Å². The van der Waals surface area contributed by atoms with Gasteiger partial charge in [0.1, 0.15) is 5.71 Å². The van der Waals surface area contributed by atoms with Gasteiger partial charge in [-0.05, 0) is 31.0 Å². The zero-order valence-corrected chi connectivity index (χ0v) is 17.3. The largest absolute Gasteiger partial charge is 0.416 e. The second kappa shape index (κ2) is 7.89. The first-order chi connectivity index (χ1) is 14.4. The highest BCUT2D eigenvalue weighted by molar-refractivity contribution is 6.53. The van der Waals surface area contributed by atoms with Crippen LogP contribution < -0.4 is 4.90 Å². The van der Waals surface area contributed by atoms with Crippen molar-refractivity contribution < 1.29 is 13.2 Å². The van der Waals surface area contributed by atoms with E-state index >= 15 is 0 Å². The van der Waals surface area contributed by atoms with Crippen molar-refractivity contribution in [3.8, 4) is 0 Å². The van der Waals surface area contributed by atoms with Crippen LogP contribution in [-0.2, 0) is 6.18 Å². The molecule has 0 saturated heterocycles. The minimum atomic E-state index is -4.40. The number of halogens is 3. The second-order valence-electron chi connectivity index (χ2n) is 8.25. The summed E-state index contributed by atoms with van der Waals surface area (Å²) < 4.78 is 40.0. The molecule has 0 amide bonds. The van der Waals surface area contributed by atoms with Crippen LogP contribution in [-0.4, -0.2) is 24.6 Å². The van der Waals surface area contributed by atoms with Crippen molar-refractivity contribution in [3.05, 3.63) is 59.7 Å². The van der Waals surface area contributed by atoms with Crippen LogP contribution in [0.25, 0.3) is 0 Å². The van der Waals surface area contributed by atoms with E-state index in [2.05, 4.69) is 23.7 Å². The van der Waals surface area contributed by atoms with Crippen molar-refractivity contribution in [2.45, 2.75) is 45.7 Å². The molecule has 0 unspecified atom stereocenters. The fraction of sp³-hybridized carbons (Fsp3) is 0.417. The molecule has 0 aliphatic carbocycles. The standard InChI is InChI=1S/C24H26F3N3/c1-3-12-23(13-4-2)15-28-22-21(17-8-6-5-7-9-17)29-19-14-18(24(25,26)27)10-11-20(19)30(22)16-23/h5-11,14H,3-4,12-13,15-16H2,1-2H3. The van der Waals surface area contributed by atoms with Gasteiger partial charge in [-0.15, -0.1) is 0 Å². The molecule has 0 atom stereocenters. The zero-order chi connectivity index (χ0) is 21.4.